The molecule has 8 aromatic rings. The number of ether oxygens (including phenoxy) is 4. The van der Waals surface area contributed by atoms with E-state index in [-0.39, 0.29) is 76.7 Å². The third kappa shape index (κ3) is 18.8. The fourth-order valence-electron chi connectivity index (χ4n) is 7.03. The zero-order chi connectivity index (χ0) is 62.5. The molecule has 3 heterocycles. The molecule has 84 heavy (non-hydrogen) atoms. The molecule has 1 atom stereocenters. The molecule has 8 rings (SSSR count). The number of anilines is 1. The van der Waals surface area contributed by atoms with Gasteiger partial charge in [-0.15, -0.1) is 11.6 Å². The van der Waals surface area contributed by atoms with Crippen molar-refractivity contribution in [2.45, 2.75) is 54.5 Å². The summed E-state index contributed by atoms with van der Waals surface area (Å²) < 4.78 is 87.8. The number of hydrogen-bond acceptors (Lipinski definition) is 16. The normalized spacial score (nSPS) is 10.8. The Morgan fingerprint density at radius 2 is 1.00 bits per heavy atom. The van der Waals surface area contributed by atoms with E-state index in [1.165, 1.54) is 126 Å². The standard InChI is InChI=1S/C13H14ClFN2O3.C13H13FN2O3.C12H10ClFN2O2.C12H11FN2O3.C7H8FN/c1-3-20-13(19)12(11(18)7-14)17-16-10-5-4-9(15)6-8(10)2;1-3-19-13(18)12-11(17)7-16(15-12)10-5-4-9(14)6-8(10)2;1-7-5-8(14)3-4-9(7)16-6-10(18-2)11(15-16)12(13)17;1-7-5-8(13)3-4-9(7)15-6-10(18-2)11(14-15)12(16)17;1-5-4-6(8)2-3-7(5)9/h4-6,12H,3,7H2,1-2H3;4-7,17H,3H2,1-2H3;3-6H,1-2H3;3-6H,1-2H3,(H,16,17);2-4H,9H2,1H3. The summed E-state index contributed by atoms with van der Waals surface area (Å²) in [6.45, 7) is 12.2. The number of alkyl halides is 1. The third-order valence-corrected chi connectivity index (χ3v) is 11.6. The molecule has 0 aliphatic carbocycles. The number of aryl methyl sites for hydroxylation is 5. The largest absolute Gasteiger partial charge is 0.504 e. The zero-order valence-electron chi connectivity index (χ0n) is 46.5. The van der Waals surface area contributed by atoms with Crippen LogP contribution in [0.1, 0.15) is 73.1 Å². The van der Waals surface area contributed by atoms with Crippen LogP contribution in [0.15, 0.2) is 120 Å². The average Bonchev–Trinajstić information content (AvgIpc) is 4.33. The van der Waals surface area contributed by atoms with Crippen molar-refractivity contribution in [2.75, 3.05) is 39.0 Å². The van der Waals surface area contributed by atoms with Crippen LogP contribution in [0.3, 0.4) is 0 Å². The summed E-state index contributed by atoms with van der Waals surface area (Å²) in [5, 5.41) is 37.3. The molecule has 0 saturated heterocycles. The van der Waals surface area contributed by atoms with Crippen molar-refractivity contribution < 1.29 is 75.1 Å². The van der Waals surface area contributed by atoms with E-state index in [4.69, 9.17) is 53.0 Å². The van der Waals surface area contributed by atoms with Crippen LogP contribution in [0, 0.1) is 63.7 Å². The molecule has 0 aliphatic heterocycles. The number of benzene rings is 5. The number of ketones is 1. The number of esters is 2. The Balaban J connectivity index is 0.000000229. The predicted molar refractivity (Wildman–Crippen MR) is 300 cm³/mol. The van der Waals surface area contributed by atoms with Gasteiger partial charge in [0.15, 0.2) is 28.7 Å². The first kappa shape index (κ1) is 67.0. The Bertz CT molecular complexity index is 3560. The van der Waals surface area contributed by atoms with Crippen LogP contribution in [0.2, 0.25) is 0 Å². The highest BCUT2D eigenvalue weighted by atomic mass is 35.5. The van der Waals surface area contributed by atoms with Crippen LogP contribution < -0.4 is 15.2 Å². The number of Topliss-reactive ketones (excluding diaryl/α,β-unsaturated/α-hetero) is 1. The van der Waals surface area contributed by atoms with Gasteiger partial charge in [-0.1, -0.05) is 0 Å². The number of carboxylic acids is 1. The van der Waals surface area contributed by atoms with Gasteiger partial charge in [0, 0.05) is 5.69 Å². The molecule has 0 spiro atoms. The summed E-state index contributed by atoms with van der Waals surface area (Å²) in [5.41, 5.74) is 11.2. The lowest BCUT2D eigenvalue weighted by Gasteiger charge is -2.07. The van der Waals surface area contributed by atoms with Crippen molar-refractivity contribution in [3.63, 3.8) is 0 Å². The van der Waals surface area contributed by atoms with Gasteiger partial charge < -0.3 is 34.9 Å². The maximum Gasteiger partial charge on any atom is 0.362 e. The number of aromatic carboxylic acids is 1. The first-order valence-electron chi connectivity index (χ1n) is 24.7. The van der Waals surface area contributed by atoms with Crippen molar-refractivity contribution in [3.05, 3.63) is 184 Å². The van der Waals surface area contributed by atoms with E-state index in [0.717, 1.165) is 5.56 Å². The van der Waals surface area contributed by atoms with Gasteiger partial charge in [-0.05, 0) is 179 Å². The summed E-state index contributed by atoms with van der Waals surface area (Å²) >= 11 is 10.8. The Hall–Kier alpha value is -9.49. The van der Waals surface area contributed by atoms with E-state index >= 15 is 0 Å². The summed E-state index contributed by atoms with van der Waals surface area (Å²) in [7, 11) is 2.79. The number of azo groups is 1. The topological polar surface area (TPSA) is 267 Å². The number of aromatic nitrogens is 6. The average molecular weight is 1210 g/mol. The van der Waals surface area contributed by atoms with Crippen LogP contribution in [0.5, 0.6) is 17.2 Å². The van der Waals surface area contributed by atoms with E-state index < -0.39 is 40.8 Å². The molecule has 0 fully saturated rings. The lowest BCUT2D eigenvalue weighted by molar-refractivity contribution is -0.147. The molecule has 5 aromatic carbocycles. The number of halogens is 7. The number of nitrogen functional groups attached to an aromatic ring is 1. The number of rotatable bonds is 15. The number of carbonyl (C=O) groups is 5. The maximum absolute atomic E-state index is 13.0. The first-order chi connectivity index (χ1) is 39.8. The number of carboxylic acid groups (broad SMARTS) is 1. The summed E-state index contributed by atoms with van der Waals surface area (Å²) in [6.07, 6.45) is 4.26. The van der Waals surface area contributed by atoms with Gasteiger partial charge in [-0.25, -0.2) is 50.4 Å². The fourth-order valence-corrected chi connectivity index (χ4v) is 7.31. The van der Waals surface area contributed by atoms with E-state index in [2.05, 4.69) is 25.5 Å². The van der Waals surface area contributed by atoms with Gasteiger partial charge in [0.25, 0.3) is 5.24 Å². The highest BCUT2D eigenvalue weighted by molar-refractivity contribution is 6.67. The molecular formula is C57H56Cl2F5N9O11. The first-order valence-corrected chi connectivity index (χ1v) is 25.6. The maximum atomic E-state index is 13.0. The minimum atomic E-state index is -1.39. The van der Waals surface area contributed by atoms with Crippen molar-refractivity contribution in [2.24, 2.45) is 10.2 Å². The van der Waals surface area contributed by atoms with Gasteiger partial charge in [0.2, 0.25) is 17.4 Å². The predicted octanol–water partition coefficient (Wildman–Crippen LogP) is 11.6. The Morgan fingerprint density at radius 1 is 0.595 bits per heavy atom. The Morgan fingerprint density at radius 3 is 1.37 bits per heavy atom. The molecule has 1 unspecified atom stereocenters. The molecule has 444 valence electrons. The number of aromatic hydroxyl groups is 1. The molecule has 27 heteroatoms. The molecule has 0 bridgehead atoms. The monoisotopic (exact) mass is 1210 g/mol. The van der Waals surface area contributed by atoms with Crippen molar-refractivity contribution in [1.29, 1.82) is 0 Å². The highest BCUT2D eigenvalue weighted by Gasteiger charge is 2.27. The smallest absolute Gasteiger partial charge is 0.362 e. The fraction of sp³-hybridized carbons (Fsp3) is 0.228. The van der Waals surface area contributed by atoms with E-state index in [0.29, 0.717) is 50.7 Å². The van der Waals surface area contributed by atoms with Gasteiger partial charge in [-0.2, -0.15) is 25.5 Å². The molecule has 20 nitrogen and oxygen atoms in total. The van der Waals surface area contributed by atoms with Crippen LogP contribution >= 0.6 is 23.2 Å². The second-order valence-electron chi connectivity index (χ2n) is 17.3. The summed E-state index contributed by atoms with van der Waals surface area (Å²) in [6, 6.07) is 19.4. The van der Waals surface area contributed by atoms with Gasteiger partial charge >= 0.3 is 17.9 Å². The lowest BCUT2D eigenvalue weighted by Crippen LogP contribution is -2.30. The molecule has 4 N–H and O–H groups in total. The summed E-state index contributed by atoms with van der Waals surface area (Å²) in [5.74, 6) is -5.17. The lowest BCUT2D eigenvalue weighted by atomic mass is 10.2. The van der Waals surface area contributed by atoms with E-state index in [1.807, 2.05) is 0 Å². The molecule has 3 aromatic heterocycles. The van der Waals surface area contributed by atoms with Crippen molar-refractivity contribution in [1.82, 2.24) is 29.3 Å². The number of carbonyl (C=O) groups excluding carboxylic acids is 4. The second-order valence-corrected chi connectivity index (χ2v) is 17.9. The van der Waals surface area contributed by atoms with Crippen LogP contribution in [0.4, 0.5) is 33.3 Å². The van der Waals surface area contributed by atoms with Crippen molar-refractivity contribution in [3.8, 4) is 34.3 Å². The number of nitrogens with two attached hydrogens (primary N) is 1. The van der Waals surface area contributed by atoms with Gasteiger partial charge in [0.1, 0.15) is 29.1 Å². The van der Waals surface area contributed by atoms with Gasteiger partial charge in [0.05, 0.1) is 74.7 Å². The SMILES string of the molecule is CCOC(=O)C(N=Nc1ccc(F)cc1C)C(=O)CCl.CCOC(=O)c1nn(-c2ccc(F)cc2C)cc1O.COc1cn(-c2ccc(F)cc2C)nc1C(=O)Cl.COc1cn(-c2ccc(F)cc2C)nc1C(=O)O.Cc1cc(F)ccc1N. The number of nitrogens with zero attached hydrogens (tertiary/aromatic N) is 8. The van der Waals surface area contributed by atoms with Crippen LogP contribution in [-0.4, -0.2) is 108 Å². The number of hydrogen-bond donors (Lipinski definition) is 3. The quantitative estimate of drug-likeness (QED) is 0.0164. The Labute approximate surface area is 487 Å². The molecule has 0 radical (unpaired) electrons. The minimum absolute atomic E-state index is 0.0305. The summed E-state index contributed by atoms with van der Waals surface area (Å²) in [4.78, 5) is 56.8. The molecule has 0 aliphatic rings. The number of methoxy groups -OCH3 is 2. The molecule has 0 saturated carbocycles. The second kappa shape index (κ2) is 31.6. The Kier molecular flexibility index (Phi) is 25.2. The molecule has 0 amide bonds. The van der Waals surface area contributed by atoms with Crippen molar-refractivity contribution >= 4 is 63.5 Å². The van der Waals surface area contributed by atoms with Crippen LogP contribution in [0.25, 0.3) is 17.1 Å². The molecular weight excluding hydrogens is 1150 g/mol. The highest BCUT2D eigenvalue weighted by Crippen LogP contribution is 2.26. The zero-order valence-corrected chi connectivity index (χ0v) is 48.0. The van der Waals surface area contributed by atoms with Gasteiger partial charge in [-0.3, -0.25) is 9.59 Å². The minimum Gasteiger partial charge on any atom is -0.504 e. The van der Waals surface area contributed by atoms with Crippen LogP contribution in [-0.2, 0) is 19.1 Å². The van der Waals surface area contributed by atoms with E-state index in [9.17, 15) is 51.0 Å². The van der Waals surface area contributed by atoms with E-state index in [1.54, 1.807) is 60.6 Å². The third-order valence-electron chi connectivity index (χ3n) is 11.2.